The normalized spacial score (nSPS) is 12.0. The van der Waals surface area contributed by atoms with Crippen LogP contribution in [0.25, 0.3) is 11.0 Å². The second-order valence-corrected chi connectivity index (χ2v) is 8.64. The van der Waals surface area contributed by atoms with Gasteiger partial charge in [0.25, 0.3) is 5.91 Å². The Balaban J connectivity index is 1.48. The third kappa shape index (κ3) is 5.20. The van der Waals surface area contributed by atoms with Crippen molar-refractivity contribution < 1.29 is 9.53 Å². The molecular formula is C27H28ClN3O2. The quantitative estimate of drug-likeness (QED) is 0.315. The van der Waals surface area contributed by atoms with Crippen LogP contribution in [0.2, 0.25) is 5.02 Å². The largest absolute Gasteiger partial charge is 0.494 e. The summed E-state index contributed by atoms with van der Waals surface area (Å²) in [5.74, 6) is 1.47. The van der Waals surface area contributed by atoms with Crippen LogP contribution in [0, 0.1) is 13.8 Å². The van der Waals surface area contributed by atoms with E-state index in [0.29, 0.717) is 17.2 Å². The minimum atomic E-state index is -0.290. The summed E-state index contributed by atoms with van der Waals surface area (Å²) in [5.41, 5.74) is 4.87. The number of ether oxygens (including phenoxy) is 1. The summed E-state index contributed by atoms with van der Waals surface area (Å²) in [6, 6.07) is 20.9. The first kappa shape index (κ1) is 22.9. The van der Waals surface area contributed by atoms with Gasteiger partial charge in [0.1, 0.15) is 11.6 Å². The maximum absolute atomic E-state index is 12.8. The molecule has 0 spiro atoms. The number of rotatable bonds is 8. The Bertz CT molecular complexity index is 1280. The molecular weight excluding hydrogens is 434 g/mol. The summed E-state index contributed by atoms with van der Waals surface area (Å²) < 4.78 is 8.13. The van der Waals surface area contributed by atoms with Crippen molar-refractivity contribution in [2.45, 2.75) is 39.8 Å². The van der Waals surface area contributed by atoms with Crippen LogP contribution in [0.1, 0.15) is 46.7 Å². The summed E-state index contributed by atoms with van der Waals surface area (Å²) in [7, 11) is 0. The fraction of sp³-hybridized carbons (Fsp3) is 0.259. The molecule has 1 aromatic heterocycles. The molecule has 0 radical (unpaired) electrons. The van der Waals surface area contributed by atoms with Crippen molar-refractivity contribution in [1.82, 2.24) is 14.9 Å². The standard InChI is InChI=1S/C27H28ClN3O2/c1-18-13-14-21(17-19(18)2)33-16-8-15-31-25-12-7-6-11-24(25)30-26(31)20(3)29-27(32)22-9-4-5-10-23(22)28/h4-7,9-14,17,20H,8,15-16H2,1-3H3,(H,29,32). The summed E-state index contributed by atoms with van der Waals surface area (Å²) in [6.45, 7) is 7.45. The van der Waals surface area contributed by atoms with Crippen molar-refractivity contribution in [3.63, 3.8) is 0 Å². The van der Waals surface area contributed by atoms with E-state index in [1.165, 1.54) is 11.1 Å². The van der Waals surface area contributed by atoms with Gasteiger partial charge >= 0.3 is 0 Å². The summed E-state index contributed by atoms with van der Waals surface area (Å²) >= 11 is 6.20. The zero-order valence-corrected chi connectivity index (χ0v) is 19.9. The van der Waals surface area contributed by atoms with Gasteiger partial charge in [-0.1, -0.05) is 41.9 Å². The van der Waals surface area contributed by atoms with E-state index in [0.717, 1.165) is 35.6 Å². The van der Waals surface area contributed by atoms with E-state index < -0.39 is 0 Å². The van der Waals surface area contributed by atoms with Crippen LogP contribution < -0.4 is 10.1 Å². The maximum Gasteiger partial charge on any atom is 0.253 e. The number of para-hydroxylation sites is 2. The second kappa shape index (κ2) is 10.1. The number of fused-ring (bicyclic) bond motifs is 1. The molecule has 4 aromatic rings. The van der Waals surface area contributed by atoms with Crippen molar-refractivity contribution in [1.29, 1.82) is 0 Å². The lowest BCUT2D eigenvalue weighted by atomic mass is 10.1. The van der Waals surface area contributed by atoms with Crippen molar-refractivity contribution >= 4 is 28.5 Å². The fourth-order valence-corrected chi connectivity index (χ4v) is 4.08. The number of carbonyl (C=O) groups is 1. The first-order chi connectivity index (χ1) is 15.9. The second-order valence-electron chi connectivity index (χ2n) is 8.23. The van der Waals surface area contributed by atoms with Crippen LogP contribution in [-0.4, -0.2) is 22.1 Å². The molecule has 0 aliphatic carbocycles. The fourth-order valence-electron chi connectivity index (χ4n) is 3.86. The van der Waals surface area contributed by atoms with Gasteiger partial charge in [-0.2, -0.15) is 0 Å². The lowest BCUT2D eigenvalue weighted by Crippen LogP contribution is -2.29. The molecule has 1 N–H and O–H groups in total. The Morgan fingerprint density at radius 2 is 1.82 bits per heavy atom. The van der Waals surface area contributed by atoms with E-state index >= 15 is 0 Å². The topological polar surface area (TPSA) is 56.1 Å². The van der Waals surface area contributed by atoms with Gasteiger partial charge < -0.3 is 14.6 Å². The van der Waals surface area contributed by atoms with Gasteiger partial charge in [-0.25, -0.2) is 4.98 Å². The zero-order chi connectivity index (χ0) is 23.4. The molecule has 3 aromatic carbocycles. The molecule has 170 valence electrons. The van der Waals surface area contributed by atoms with Gasteiger partial charge in [0.2, 0.25) is 0 Å². The number of aromatic nitrogens is 2. The number of nitrogens with one attached hydrogen (secondary N) is 1. The number of aryl methyl sites for hydroxylation is 3. The Morgan fingerprint density at radius 1 is 1.06 bits per heavy atom. The summed E-state index contributed by atoms with van der Waals surface area (Å²) in [4.78, 5) is 17.6. The number of nitrogens with zero attached hydrogens (tertiary/aromatic N) is 2. The number of hydrogen-bond donors (Lipinski definition) is 1. The average Bonchev–Trinajstić information content (AvgIpc) is 3.18. The molecule has 1 amide bonds. The van der Waals surface area contributed by atoms with Crippen LogP contribution in [0.3, 0.4) is 0 Å². The molecule has 0 bridgehead atoms. The van der Waals surface area contributed by atoms with Crippen LogP contribution in [0.4, 0.5) is 0 Å². The van der Waals surface area contributed by atoms with E-state index in [-0.39, 0.29) is 11.9 Å². The highest BCUT2D eigenvalue weighted by atomic mass is 35.5. The number of halogens is 1. The van der Waals surface area contributed by atoms with Crippen molar-refractivity contribution in [2.75, 3.05) is 6.61 Å². The van der Waals surface area contributed by atoms with Crippen LogP contribution in [-0.2, 0) is 6.54 Å². The zero-order valence-electron chi connectivity index (χ0n) is 19.1. The lowest BCUT2D eigenvalue weighted by molar-refractivity contribution is 0.0937. The van der Waals surface area contributed by atoms with Gasteiger partial charge in [-0.3, -0.25) is 4.79 Å². The highest BCUT2D eigenvalue weighted by Crippen LogP contribution is 2.23. The van der Waals surface area contributed by atoms with E-state index in [9.17, 15) is 4.79 Å². The van der Waals surface area contributed by atoms with E-state index in [1.54, 1.807) is 18.2 Å². The highest BCUT2D eigenvalue weighted by Gasteiger charge is 2.20. The summed E-state index contributed by atoms with van der Waals surface area (Å²) in [6.07, 6.45) is 0.811. The molecule has 0 saturated heterocycles. The molecule has 4 rings (SSSR count). The number of hydrogen-bond acceptors (Lipinski definition) is 3. The van der Waals surface area contributed by atoms with Crippen LogP contribution in [0.5, 0.6) is 5.75 Å². The first-order valence-corrected chi connectivity index (χ1v) is 11.5. The average molecular weight is 462 g/mol. The van der Waals surface area contributed by atoms with Crippen molar-refractivity contribution in [2.24, 2.45) is 0 Å². The molecule has 0 fully saturated rings. The maximum atomic E-state index is 12.8. The molecule has 5 nitrogen and oxygen atoms in total. The molecule has 1 atom stereocenters. The van der Waals surface area contributed by atoms with E-state index in [2.05, 4.69) is 41.9 Å². The number of imidazole rings is 1. The van der Waals surface area contributed by atoms with Crippen LogP contribution >= 0.6 is 11.6 Å². The molecule has 0 aliphatic rings. The minimum Gasteiger partial charge on any atom is -0.494 e. The third-order valence-corrected chi connectivity index (χ3v) is 6.14. The van der Waals surface area contributed by atoms with Gasteiger partial charge in [-0.15, -0.1) is 0 Å². The van der Waals surface area contributed by atoms with E-state index in [4.69, 9.17) is 21.3 Å². The molecule has 6 heteroatoms. The number of benzene rings is 3. The number of amides is 1. The minimum absolute atomic E-state index is 0.218. The Labute approximate surface area is 199 Å². The number of carbonyl (C=O) groups excluding carboxylic acids is 1. The predicted octanol–water partition coefficient (Wildman–Crippen LogP) is 6.27. The summed E-state index contributed by atoms with van der Waals surface area (Å²) in [5, 5.41) is 3.47. The monoisotopic (exact) mass is 461 g/mol. The SMILES string of the molecule is Cc1ccc(OCCCn2c(C(C)NC(=O)c3ccccc3Cl)nc3ccccc32)cc1C. The first-order valence-electron chi connectivity index (χ1n) is 11.1. The highest BCUT2D eigenvalue weighted by molar-refractivity contribution is 6.33. The van der Waals surface area contributed by atoms with Crippen molar-refractivity contribution in [3.05, 3.63) is 94.3 Å². The third-order valence-electron chi connectivity index (χ3n) is 5.81. The van der Waals surface area contributed by atoms with Crippen molar-refractivity contribution in [3.8, 4) is 5.75 Å². The van der Waals surface area contributed by atoms with Gasteiger partial charge in [-0.05, 0) is 74.7 Å². The van der Waals surface area contributed by atoms with Gasteiger partial charge in [0, 0.05) is 6.54 Å². The molecule has 33 heavy (non-hydrogen) atoms. The molecule has 1 heterocycles. The molecule has 0 saturated carbocycles. The Hall–Kier alpha value is -3.31. The Kier molecular flexibility index (Phi) is 6.99. The predicted molar refractivity (Wildman–Crippen MR) is 133 cm³/mol. The molecule has 0 aliphatic heterocycles. The van der Waals surface area contributed by atoms with E-state index in [1.807, 2.05) is 37.3 Å². The Morgan fingerprint density at radius 3 is 2.61 bits per heavy atom. The van der Waals surface area contributed by atoms with Crippen LogP contribution in [0.15, 0.2) is 66.7 Å². The smallest absolute Gasteiger partial charge is 0.253 e. The lowest BCUT2D eigenvalue weighted by Gasteiger charge is -2.17. The molecule has 1 unspecified atom stereocenters. The van der Waals surface area contributed by atoms with Gasteiger partial charge in [0.15, 0.2) is 0 Å². The van der Waals surface area contributed by atoms with Gasteiger partial charge in [0.05, 0.1) is 34.3 Å².